The maximum absolute atomic E-state index is 11.9. The first-order valence-corrected chi connectivity index (χ1v) is 10.9. The molecule has 4 aromatic carbocycles. The van der Waals surface area contributed by atoms with Crippen molar-refractivity contribution in [3.8, 4) is 0 Å². The van der Waals surface area contributed by atoms with Gasteiger partial charge in [-0.05, 0) is 62.4 Å². The van der Waals surface area contributed by atoms with Gasteiger partial charge >= 0.3 is 5.97 Å². The van der Waals surface area contributed by atoms with Crippen LogP contribution in [0.5, 0.6) is 0 Å². The van der Waals surface area contributed by atoms with Crippen molar-refractivity contribution in [3.05, 3.63) is 59.7 Å². The Morgan fingerprint density at radius 3 is 2.50 bits per heavy atom. The molecule has 1 aliphatic carbocycles. The average Bonchev–Trinajstić information content (AvgIpc) is 2.77. The molecule has 0 amide bonds. The first-order valence-electron chi connectivity index (χ1n) is 10.9. The summed E-state index contributed by atoms with van der Waals surface area (Å²) in [6.07, 6.45) is 1.68. The van der Waals surface area contributed by atoms with E-state index in [1.807, 2.05) is 0 Å². The number of esters is 1. The van der Waals surface area contributed by atoms with Crippen LogP contribution in [0.1, 0.15) is 30.5 Å². The molecule has 1 fully saturated rings. The van der Waals surface area contributed by atoms with Gasteiger partial charge in [0.05, 0.1) is 19.3 Å². The van der Waals surface area contributed by atoms with Crippen LogP contribution in [0, 0.1) is 0 Å². The Kier molecular flexibility index (Phi) is 4.18. The van der Waals surface area contributed by atoms with Crippen LogP contribution < -0.4 is 0 Å². The molecular weight excluding hydrogens is 374 g/mol. The number of rotatable bonds is 2. The number of ether oxygens (including phenoxy) is 2. The molecule has 152 valence electrons. The molecular formula is C26H25NO3. The minimum atomic E-state index is -0.195. The van der Waals surface area contributed by atoms with Crippen molar-refractivity contribution in [1.29, 1.82) is 0 Å². The molecule has 0 unspecified atom stereocenters. The number of benzene rings is 4. The lowest BCUT2D eigenvalue weighted by Gasteiger charge is -2.42. The summed E-state index contributed by atoms with van der Waals surface area (Å²) in [7, 11) is 0. The fourth-order valence-electron chi connectivity index (χ4n) is 5.70. The highest BCUT2D eigenvalue weighted by Crippen LogP contribution is 2.44. The van der Waals surface area contributed by atoms with Gasteiger partial charge in [0.2, 0.25) is 0 Å². The number of carbonyl (C=O) groups is 1. The van der Waals surface area contributed by atoms with Crippen LogP contribution in [0.3, 0.4) is 0 Å². The van der Waals surface area contributed by atoms with Gasteiger partial charge in [-0.25, -0.2) is 0 Å². The van der Waals surface area contributed by atoms with Crippen molar-refractivity contribution in [2.75, 3.05) is 26.3 Å². The van der Waals surface area contributed by atoms with Crippen LogP contribution in [0.25, 0.3) is 32.3 Å². The molecule has 4 nitrogen and oxygen atoms in total. The minimum absolute atomic E-state index is 0.0865. The number of morpholine rings is 1. The standard InChI is InChI=1S/C26H25NO3/c1-16(28)30-23-10-9-20-21-8-7-18-4-2-3-17-5-6-19(25(21)24(17)18)15-22(20)26(23)27-11-13-29-14-12-27/h2-8,15,23,26H,9-14H2,1H3/t23-,26+/m1/s1. The largest absolute Gasteiger partial charge is 0.461 e. The summed E-state index contributed by atoms with van der Waals surface area (Å²) in [5, 5.41) is 7.95. The molecule has 1 heterocycles. The summed E-state index contributed by atoms with van der Waals surface area (Å²) < 4.78 is 11.4. The summed E-state index contributed by atoms with van der Waals surface area (Å²) in [5.41, 5.74) is 2.74. The molecule has 0 aromatic heterocycles. The van der Waals surface area contributed by atoms with E-state index in [0.29, 0.717) is 0 Å². The van der Waals surface area contributed by atoms with Crippen LogP contribution in [0.15, 0.2) is 48.5 Å². The summed E-state index contributed by atoms with van der Waals surface area (Å²) >= 11 is 0. The van der Waals surface area contributed by atoms with Gasteiger partial charge in [-0.3, -0.25) is 9.69 Å². The molecule has 0 bridgehead atoms. The Balaban J connectivity index is 1.60. The zero-order valence-corrected chi connectivity index (χ0v) is 17.2. The fourth-order valence-corrected chi connectivity index (χ4v) is 5.70. The number of hydrogen-bond donors (Lipinski definition) is 0. The monoisotopic (exact) mass is 399 g/mol. The van der Waals surface area contributed by atoms with Crippen molar-refractivity contribution in [1.82, 2.24) is 4.90 Å². The third kappa shape index (κ3) is 2.71. The predicted octanol–water partition coefficient (Wildman–Crippen LogP) is 4.84. The van der Waals surface area contributed by atoms with E-state index in [4.69, 9.17) is 9.47 Å². The average molecular weight is 399 g/mol. The molecule has 0 saturated carbocycles. The van der Waals surface area contributed by atoms with Crippen molar-refractivity contribution in [2.45, 2.75) is 31.9 Å². The third-order valence-electron chi connectivity index (χ3n) is 6.90. The maximum atomic E-state index is 11.9. The van der Waals surface area contributed by atoms with Crippen LogP contribution in [0.2, 0.25) is 0 Å². The van der Waals surface area contributed by atoms with E-state index in [2.05, 4.69) is 53.4 Å². The van der Waals surface area contributed by atoms with Gasteiger partial charge in [-0.15, -0.1) is 0 Å². The molecule has 1 aliphatic heterocycles. The van der Waals surface area contributed by atoms with Crippen LogP contribution in [-0.2, 0) is 20.7 Å². The smallest absolute Gasteiger partial charge is 0.302 e. The van der Waals surface area contributed by atoms with E-state index in [0.717, 1.165) is 39.1 Å². The van der Waals surface area contributed by atoms with E-state index in [-0.39, 0.29) is 18.1 Å². The molecule has 1 saturated heterocycles. The Hall–Kier alpha value is -2.69. The lowest BCUT2D eigenvalue weighted by molar-refractivity contribution is -0.152. The van der Waals surface area contributed by atoms with E-state index < -0.39 is 0 Å². The minimum Gasteiger partial charge on any atom is -0.461 e. The fraction of sp³-hybridized carbons (Fsp3) is 0.346. The van der Waals surface area contributed by atoms with E-state index in [1.54, 1.807) is 0 Å². The topological polar surface area (TPSA) is 38.8 Å². The number of nitrogens with zero attached hydrogens (tertiary/aromatic N) is 1. The normalized spacial score (nSPS) is 22.6. The summed E-state index contributed by atoms with van der Waals surface area (Å²) in [5.74, 6) is -0.195. The highest BCUT2D eigenvalue weighted by atomic mass is 16.5. The first kappa shape index (κ1) is 18.1. The Morgan fingerprint density at radius 2 is 1.73 bits per heavy atom. The Bertz CT molecular complexity index is 1240. The zero-order valence-electron chi connectivity index (χ0n) is 17.2. The van der Waals surface area contributed by atoms with Crippen molar-refractivity contribution >= 4 is 38.3 Å². The second-order valence-corrected chi connectivity index (χ2v) is 8.58. The lowest BCUT2D eigenvalue weighted by Crippen LogP contribution is -2.46. The highest BCUT2D eigenvalue weighted by Gasteiger charge is 2.37. The SMILES string of the molecule is CC(=O)O[C@@H]1CCc2c(cc3ccc4cccc5ccc2c3c45)[C@@H]1N1CCOCC1. The molecule has 6 rings (SSSR count). The molecule has 2 atom stereocenters. The van der Waals surface area contributed by atoms with Crippen molar-refractivity contribution < 1.29 is 14.3 Å². The third-order valence-corrected chi connectivity index (χ3v) is 6.90. The van der Waals surface area contributed by atoms with Gasteiger partial charge in [0.1, 0.15) is 6.10 Å². The second kappa shape index (κ2) is 6.93. The molecule has 0 radical (unpaired) electrons. The van der Waals surface area contributed by atoms with Crippen molar-refractivity contribution in [2.24, 2.45) is 0 Å². The van der Waals surface area contributed by atoms with Gasteiger partial charge in [-0.1, -0.05) is 42.5 Å². The summed E-state index contributed by atoms with van der Waals surface area (Å²) in [4.78, 5) is 14.3. The van der Waals surface area contributed by atoms with Gasteiger partial charge < -0.3 is 9.47 Å². The highest BCUT2D eigenvalue weighted by molar-refractivity contribution is 6.23. The molecule has 0 N–H and O–H groups in total. The molecule has 30 heavy (non-hydrogen) atoms. The van der Waals surface area contributed by atoms with Gasteiger partial charge in [0, 0.05) is 20.0 Å². The Labute approximate surface area is 175 Å². The quantitative estimate of drug-likeness (QED) is 0.357. The number of hydrogen-bond acceptors (Lipinski definition) is 4. The number of fused-ring (bicyclic) bond motifs is 2. The predicted molar refractivity (Wildman–Crippen MR) is 119 cm³/mol. The van der Waals surface area contributed by atoms with Crippen LogP contribution in [0.4, 0.5) is 0 Å². The van der Waals surface area contributed by atoms with E-state index in [1.165, 1.54) is 50.4 Å². The first-order chi connectivity index (χ1) is 14.7. The maximum Gasteiger partial charge on any atom is 0.302 e. The van der Waals surface area contributed by atoms with Crippen LogP contribution in [-0.4, -0.2) is 43.3 Å². The number of carbonyl (C=O) groups excluding carboxylic acids is 1. The van der Waals surface area contributed by atoms with E-state index >= 15 is 0 Å². The molecule has 4 heteroatoms. The van der Waals surface area contributed by atoms with E-state index in [9.17, 15) is 4.79 Å². The van der Waals surface area contributed by atoms with Gasteiger partial charge in [0.15, 0.2) is 0 Å². The molecule has 0 spiro atoms. The number of aryl methyl sites for hydroxylation is 1. The lowest BCUT2D eigenvalue weighted by atomic mass is 9.79. The van der Waals surface area contributed by atoms with Crippen LogP contribution >= 0.6 is 0 Å². The van der Waals surface area contributed by atoms with Gasteiger partial charge in [0.25, 0.3) is 0 Å². The summed E-state index contributed by atoms with van der Waals surface area (Å²) in [6, 6.07) is 18.0. The summed E-state index contributed by atoms with van der Waals surface area (Å²) in [6.45, 7) is 4.71. The molecule has 4 aromatic rings. The van der Waals surface area contributed by atoms with Gasteiger partial charge in [-0.2, -0.15) is 0 Å². The second-order valence-electron chi connectivity index (χ2n) is 8.58. The zero-order chi connectivity index (χ0) is 20.2. The molecule has 2 aliphatic rings. The Morgan fingerprint density at radius 1 is 1.00 bits per heavy atom. The van der Waals surface area contributed by atoms with Crippen molar-refractivity contribution in [3.63, 3.8) is 0 Å².